The normalized spacial score (nSPS) is 8.78. The number of thiocarbonyl (C=S) groups is 4. The van der Waals surface area contributed by atoms with Crippen molar-refractivity contribution in [1.82, 2.24) is 9.97 Å². The van der Waals surface area contributed by atoms with Crippen LogP contribution in [0.3, 0.4) is 0 Å². The Kier molecular flexibility index (Phi) is 62.2. The van der Waals surface area contributed by atoms with Crippen molar-refractivity contribution in [3.05, 3.63) is 80.8 Å². The number of aliphatic hydroxyl groups is 4. The first kappa shape index (κ1) is 55.5. The summed E-state index contributed by atoms with van der Waals surface area (Å²) < 4.78 is 0. The monoisotopic (exact) mass is 784 g/mol. The summed E-state index contributed by atoms with van der Waals surface area (Å²) in [6.07, 6.45) is 6.44. The SMILES string of the molecule is OCCN=Cc1cccc(C=NCCO)n1.OCCN=Cc1cccc(C=NCCO)n1.[Mn+2].[Mn+2].[N-]=C=S.[N-]=C=S.[N-]=C=S.[N-]=C=S. The van der Waals surface area contributed by atoms with Crippen LogP contribution in [-0.2, 0) is 34.1 Å². The van der Waals surface area contributed by atoms with Gasteiger partial charge in [-0.3, -0.25) is 20.0 Å². The Labute approximate surface area is 310 Å². The number of hydrogen-bond donors (Lipinski definition) is 4. The molecule has 0 amide bonds. The minimum Gasteiger partial charge on any atom is -0.753 e. The molecule has 4 N–H and O–H groups in total. The molecule has 2 heterocycles. The van der Waals surface area contributed by atoms with Gasteiger partial charge in [0.25, 0.3) is 0 Å². The second-order valence-corrected chi connectivity index (χ2v) is 7.11. The molecule has 2 radical (unpaired) electrons. The van der Waals surface area contributed by atoms with Crippen LogP contribution in [0.4, 0.5) is 0 Å². The summed E-state index contributed by atoms with van der Waals surface area (Å²) in [5.74, 6) is 0. The molecule has 2 aromatic rings. The fourth-order valence-electron chi connectivity index (χ4n) is 2.09. The minimum absolute atomic E-state index is 0. The zero-order valence-electron chi connectivity index (χ0n) is 24.1. The van der Waals surface area contributed by atoms with Gasteiger partial charge in [0.05, 0.1) is 75.4 Å². The molecule has 0 aliphatic rings. The van der Waals surface area contributed by atoms with Crippen LogP contribution in [0.5, 0.6) is 0 Å². The first-order valence-electron chi connectivity index (χ1n) is 11.8. The Hall–Kier alpha value is -2.94. The molecule has 0 saturated carbocycles. The number of aliphatic hydroxyl groups excluding tert-OH is 4. The second-order valence-electron chi connectivity index (χ2n) is 6.38. The van der Waals surface area contributed by atoms with Gasteiger partial charge in [0, 0.05) is 24.9 Å². The Morgan fingerprint density at radius 3 is 0.826 bits per heavy atom. The van der Waals surface area contributed by atoms with E-state index in [1.165, 1.54) is 20.6 Å². The van der Waals surface area contributed by atoms with E-state index in [1.807, 2.05) is 36.4 Å². The third kappa shape index (κ3) is 48.0. The van der Waals surface area contributed by atoms with Crippen molar-refractivity contribution in [2.45, 2.75) is 0 Å². The maximum atomic E-state index is 8.56. The number of aromatic nitrogens is 2. The number of aliphatic imine (C=N–C) groups is 4. The van der Waals surface area contributed by atoms with E-state index in [1.54, 1.807) is 24.9 Å². The largest absolute Gasteiger partial charge is 2.00 e. The summed E-state index contributed by atoms with van der Waals surface area (Å²) >= 11 is 14.8. The first-order valence-corrected chi connectivity index (χ1v) is 13.4. The van der Waals surface area contributed by atoms with Gasteiger partial charge < -0.3 is 42.1 Å². The van der Waals surface area contributed by atoms with Crippen molar-refractivity contribution in [3.8, 4) is 0 Å². The molecular weight excluding hydrogens is 754 g/mol. The molecule has 0 saturated heterocycles. The predicted molar refractivity (Wildman–Crippen MR) is 190 cm³/mol. The van der Waals surface area contributed by atoms with E-state index in [9.17, 15) is 0 Å². The number of rotatable bonds is 12. The smallest absolute Gasteiger partial charge is 0.753 e. The molecule has 0 aliphatic carbocycles. The molecule has 2 aromatic heterocycles. The van der Waals surface area contributed by atoms with E-state index in [-0.39, 0.29) is 60.6 Å². The van der Waals surface area contributed by atoms with E-state index < -0.39 is 0 Å². The number of nitrogens with zero attached hydrogens (tertiary/aromatic N) is 10. The Morgan fingerprint density at radius 2 is 0.674 bits per heavy atom. The van der Waals surface area contributed by atoms with Crippen LogP contribution in [0.15, 0.2) is 56.4 Å². The van der Waals surface area contributed by atoms with E-state index in [0.29, 0.717) is 26.2 Å². The molecule has 20 heteroatoms. The molecule has 2 rings (SSSR count). The van der Waals surface area contributed by atoms with Gasteiger partial charge in [-0.05, 0) is 24.3 Å². The summed E-state index contributed by atoms with van der Waals surface area (Å²) in [6, 6.07) is 11.0. The summed E-state index contributed by atoms with van der Waals surface area (Å²) in [5.41, 5.74) is 2.89. The summed E-state index contributed by atoms with van der Waals surface area (Å²) in [7, 11) is 0. The Morgan fingerprint density at radius 1 is 0.500 bits per heavy atom. The van der Waals surface area contributed by atoms with Crippen molar-refractivity contribution in [2.75, 3.05) is 52.6 Å². The molecule has 0 bridgehead atoms. The van der Waals surface area contributed by atoms with Gasteiger partial charge in [-0.2, -0.15) is 20.6 Å². The quantitative estimate of drug-likeness (QED) is 0.139. The first-order chi connectivity index (χ1) is 21.4. The number of isothiocyanates is 4. The van der Waals surface area contributed by atoms with Crippen molar-refractivity contribution in [1.29, 1.82) is 0 Å². The van der Waals surface area contributed by atoms with Gasteiger partial charge in [0.1, 0.15) is 0 Å². The standard InChI is InChI=1S/2C11H15N3O2.4CNS.2Mn/c2*15-6-4-12-8-10-2-1-3-11(14-10)9-13-5-7-16;4*2-1-3;;/h2*1-3,8-9,15-16H,4-7H2;;;;;;/q;;4*-1;2*+2. The van der Waals surface area contributed by atoms with Gasteiger partial charge in [0.2, 0.25) is 0 Å². The maximum absolute atomic E-state index is 8.56. The van der Waals surface area contributed by atoms with Crippen LogP contribution in [0, 0.1) is 0 Å². The maximum Gasteiger partial charge on any atom is 2.00 e. The molecule has 0 atom stereocenters. The van der Waals surface area contributed by atoms with Gasteiger partial charge >= 0.3 is 34.1 Å². The fourth-order valence-corrected chi connectivity index (χ4v) is 2.09. The van der Waals surface area contributed by atoms with Gasteiger partial charge in [-0.25, -0.2) is 9.97 Å². The minimum atomic E-state index is 0. The molecule has 246 valence electrons. The Balaban J connectivity index is -0.000000125. The molecule has 0 spiro atoms. The van der Waals surface area contributed by atoms with E-state index in [2.05, 4.69) is 78.8 Å². The Bertz CT molecular complexity index is 1070. The number of pyridine rings is 2. The third-order valence-corrected chi connectivity index (χ3v) is 3.39. The van der Waals surface area contributed by atoms with E-state index in [4.69, 9.17) is 42.1 Å². The zero-order chi connectivity index (χ0) is 34.1. The van der Waals surface area contributed by atoms with Gasteiger partial charge in [-0.1, -0.05) is 61.0 Å². The van der Waals surface area contributed by atoms with Gasteiger partial charge in [-0.15, -0.1) is 0 Å². The summed E-state index contributed by atoms with van der Waals surface area (Å²) in [4.78, 5) is 24.4. The number of hydrogen-bond acceptors (Lipinski definition) is 14. The van der Waals surface area contributed by atoms with Crippen LogP contribution >= 0.6 is 48.9 Å². The van der Waals surface area contributed by atoms with Gasteiger partial charge in [0.15, 0.2) is 0 Å². The van der Waals surface area contributed by atoms with Crippen LogP contribution in [0.2, 0.25) is 0 Å². The van der Waals surface area contributed by atoms with Crippen molar-refractivity contribution >= 4 is 94.4 Å². The average Bonchev–Trinajstić information content (AvgIpc) is 3.00. The fraction of sp³-hybridized carbons (Fsp3) is 0.308. The molecule has 14 nitrogen and oxygen atoms in total. The van der Waals surface area contributed by atoms with E-state index in [0.717, 1.165) is 22.8 Å². The van der Waals surface area contributed by atoms with Crippen LogP contribution in [0.25, 0.3) is 21.6 Å². The van der Waals surface area contributed by atoms with E-state index >= 15 is 0 Å². The van der Waals surface area contributed by atoms with Crippen LogP contribution in [-0.4, -0.2) is 129 Å². The topological polar surface area (TPSA) is 245 Å². The molecular formula is C26H30Mn2N10O4S4. The second kappa shape index (κ2) is 51.6. The third-order valence-electron chi connectivity index (χ3n) is 3.39. The van der Waals surface area contributed by atoms with Crippen LogP contribution < -0.4 is 0 Å². The molecule has 0 fully saturated rings. The van der Waals surface area contributed by atoms with Crippen LogP contribution in [0.1, 0.15) is 22.8 Å². The molecule has 0 unspecified atom stereocenters. The van der Waals surface area contributed by atoms with Crippen molar-refractivity contribution in [3.63, 3.8) is 0 Å². The molecule has 0 aromatic carbocycles. The summed E-state index contributed by atoms with van der Waals surface area (Å²) in [5, 5.41) is 68.1. The average molecular weight is 785 g/mol. The summed E-state index contributed by atoms with van der Waals surface area (Å²) in [6.45, 7) is 1.66. The van der Waals surface area contributed by atoms with Crippen molar-refractivity contribution < 1.29 is 54.6 Å². The molecule has 46 heavy (non-hydrogen) atoms. The van der Waals surface area contributed by atoms with Crippen molar-refractivity contribution in [2.24, 2.45) is 20.0 Å². The predicted octanol–water partition coefficient (Wildman–Crippen LogP) is 2.44. The molecule has 0 aliphatic heterocycles. The zero-order valence-corrected chi connectivity index (χ0v) is 29.7.